The smallest absolute Gasteiger partial charge is 0.371 e. The molecule has 0 aliphatic heterocycles. The molecule has 3 N–H and O–H groups in total. The van der Waals surface area contributed by atoms with Crippen LogP contribution in [0.15, 0.2) is 46.9 Å². The van der Waals surface area contributed by atoms with E-state index in [1.165, 1.54) is 6.07 Å². The third-order valence-corrected chi connectivity index (χ3v) is 3.36. The molecule has 1 heterocycles. The number of carbonyl (C=O) groups is 1. The summed E-state index contributed by atoms with van der Waals surface area (Å²) in [5, 5.41) is 8.85. The van der Waals surface area contributed by atoms with Crippen molar-refractivity contribution in [2.24, 2.45) is 5.73 Å². The van der Waals surface area contributed by atoms with Gasteiger partial charge in [-0.15, -0.1) is 0 Å². The Kier molecular flexibility index (Phi) is 3.71. The van der Waals surface area contributed by atoms with Gasteiger partial charge in [0.1, 0.15) is 5.76 Å². The average Bonchev–Trinajstić information content (AvgIpc) is 2.88. The molecule has 1 atom stereocenters. The van der Waals surface area contributed by atoms with Crippen LogP contribution < -0.4 is 5.73 Å². The van der Waals surface area contributed by atoms with Crippen molar-refractivity contribution in [3.05, 3.63) is 59.5 Å². The zero-order chi connectivity index (χ0) is 13.9. The Morgan fingerprint density at radius 2 is 1.95 bits per heavy atom. The molecule has 0 saturated heterocycles. The first-order valence-corrected chi connectivity index (χ1v) is 6.13. The maximum atomic E-state index is 10.8. The molecule has 0 bridgehead atoms. The van der Waals surface area contributed by atoms with Crippen LogP contribution in [0.5, 0.6) is 0 Å². The van der Waals surface area contributed by atoms with E-state index in [-0.39, 0.29) is 11.2 Å². The molecule has 4 heteroatoms. The van der Waals surface area contributed by atoms with Gasteiger partial charge in [-0.2, -0.15) is 0 Å². The summed E-state index contributed by atoms with van der Waals surface area (Å²) in [7, 11) is 0. The summed E-state index contributed by atoms with van der Waals surface area (Å²) in [6.07, 6.45) is 0.570. The van der Waals surface area contributed by atoms with Crippen LogP contribution in [0.4, 0.5) is 0 Å². The Morgan fingerprint density at radius 1 is 1.26 bits per heavy atom. The summed E-state index contributed by atoms with van der Waals surface area (Å²) in [5.41, 5.74) is 6.74. The lowest BCUT2D eigenvalue weighted by atomic mass is 9.79. The number of aromatic carboxylic acids is 1. The predicted octanol–water partition coefficient (Wildman–Crippen LogP) is 2.44. The van der Waals surface area contributed by atoms with Crippen molar-refractivity contribution < 1.29 is 14.3 Å². The maximum absolute atomic E-state index is 10.8. The summed E-state index contributed by atoms with van der Waals surface area (Å²) in [4.78, 5) is 10.8. The molecule has 100 valence electrons. The molecule has 0 aliphatic carbocycles. The Hall–Kier alpha value is -2.07. The molecule has 0 saturated carbocycles. The number of hydrogen-bond donors (Lipinski definition) is 2. The fourth-order valence-corrected chi connectivity index (χ4v) is 2.11. The molecule has 4 nitrogen and oxygen atoms in total. The van der Waals surface area contributed by atoms with Crippen LogP contribution in [0, 0.1) is 0 Å². The van der Waals surface area contributed by atoms with Crippen molar-refractivity contribution in [2.75, 3.05) is 6.54 Å². The second-order valence-corrected chi connectivity index (χ2v) is 4.88. The summed E-state index contributed by atoms with van der Waals surface area (Å²) < 4.78 is 5.31. The molecule has 0 aliphatic rings. The van der Waals surface area contributed by atoms with E-state index in [2.05, 4.69) is 0 Å². The van der Waals surface area contributed by atoms with Crippen molar-refractivity contribution in [1.29, 1.82) is 0 Å². The number of furan rings is 1. The minimum atomic E-state index is -1.06. The minimum absolute atomic E-state index is 0.0394. The lowest BCUT2D eigenvalue weighted by Gasteiger charge is -2.27. The van der Waals surface area contributed by atoms with E-state index in [0.717, 1.165) is 5.56 Å². The van der Waals surface area contributed by atoms with Gasteiger partial charge in [-0.25, -0.2) is 4.79 Å². The van der Waals surface area contributed by atoms with Gasteiger partial charge in [0, 0.05) is 18.4 Å². The molecule has 1 unspecified atom stereocenters. The number of nitrogens with two attached hydrogens (primary N) is 1. The second kappa shape index (κ2) is 5.28. The van der Waals surface area contributed by atoms with Crippen molar-refractivity contribution >= 4 is 5.97 Å². The van der Waals surface area contributed by atoms with E-state index < -0.39 is 5.97 Å². The third-order valence-electron chi connectivity index (χ3n) is 3.36. The quantitative estimate of drug-likeness (QED) is 0.864. The van der Waals surface area contributed by atoms with Gasteiger partial charge < -0.3 is 15.3 Å². The molecule has 0 radical (unpaired) electrons. The zero-order valence-electron chi connectivity index (χ0n) is 10.8. The topological polar surface area (TPSA) is 76.5 Å². The highest BCUT2D eigenvalue weighted by molar-refractivity contribution is 5.84. The van der Waals surface area contributed by atoms with Crippen molar-refractivity contribution in [2.45, 2.75) is 18.8 Å². The SMILES string of the molecule is CC(CN)(Cc1ccc(C(=O)O)o1)c1ccccc1. The molecule has 0 spiro atoms. The average molecular weight is 259 g/mol. The summed E-state index contributed by atoms with van der Waals surface area (Å²) in [6, 6.07) is 13.1. The Bertz CT molecular complexity index is 562. The molecule has 0 fully saturated rings. The molecular weight excluding hydrogens is 242 g/mol. The van der Waals surface area contributed by atoms with Crippen molar-refractivity contribution in [3.63, 3.8) is 0 Å². The van der Waals surface area contributed by atoms with E-state index in [1.54, 1.807) is 6.07 Å². The maximum Gasteiger partial charge on any atom is 0.371 e. The normalized spacial score (nSPS) is 14.0. The molecule has 19 heavy (non-hydrogen) atoms. The number of carboxylic acids is 1. The zero-order valence-corrected chi connectivity index (χ0v) is 10.8. The van der Waals surface area contributed by atoms with Gasteiger partial charge in [0.25, 0.3) is 0 Å². The number of carboxylic acid groups (broad SMARTS) is 1. The first kappa shape index (κ1) is 13.4. The summed E-state index contributed by atoms with van der Waals surface area (Å²) in [6.45, 7) is 2.51. The van der Waals surface area contributed by atoms with E-state index in [4.69, 9.17) is 15.3 Å². The molecule has 0 amide bonds. The van der Waals surface area contributed by atoms with Crippen LogP contribution in [-0.2, 0) is 11.8 Å². The van der Waals surface area contributed by atoms with Crippen LogP contribution in [-0.4, -0.2) is 17.6 Å². The fraction of sp³-hybridized carbons (Fsp3) is 0.267. The second-order valence-electron chi connectivity index (χ2n) is 4.88. The number of benzene rings is 1. The van der Waals surface area contributed by atoms with E-state index in [9.17, 15) is 4.79 Å². The van der Waals surface area contributed by atoms with Gasteiger partial charge in [0.2, 0.25) is 5.76 Å². The van der Waals surface area contributed by atoms with Gasteiger partial charge in [-0.05, 0) is 17.7 Å². The number of rotatable bonds is 5. The summed E-state index contributed by atoms with van der Waals surface area (Å²) >= 11 is 0. The van der Waals surface area contributed by atoms with Gasteiger partial charge in [0.05, 0.1) is 0 Å². The van der Waals surface area contributed by atoms with Gasteiger partial charge >= 0.3 is 5.97 Å². The van der Waals surface area contributed by atoms with Crippen LogP contribution in [0.3, 0.4) is 0 Å². The monoisotopic (exact) mass is 259 g/mol. The highest BCUT2D eigenvalue weighted by Crippen LogP contribution is 2.27. The Labute approximate surface area is 111 Å². The van der Waals surface area contributed by atoms with Crippen LogP contribution in [0.2, 0.25) is 0 Å². The lowest BCUT2D eigenvalue weighted by Crippen LogP contribution is -2.34. The first-order valence-electron chi connectivity index (χ1n) is 6.13. The van der Waals surface area contributed by atoms with Gasteiger partial charge in [-0.3, -0.25) is 0 Å². The van der Waals surface area contributed by atoms with Crippen LogP contribution in [0.25, 0.3) is 0 Å². The van der Waals surface area contributed by atoms with Crippen molar-refractivity contribution in [1.82, 2.24) is 0 Å². The highest BCUT2D eigenvalue weighted by Gasteiger charge is 2.27. The van der Waals surface area contributed by atoms with Gasteiger partial charge in [-0.1, -0.05) is 37.3 Å². The first-order chi connectivity index (χ1) is 9.05. The summed E-state index contributed by atoms with van der Waals surface area (Å²) in [5.74, 6) is -0.461. The molecular formula is C15H17NO3. The molecule has 1 aromatic heterocycles. The Morgan fingerprint density at radius 3 is 2.47 bits per heavy atom. The van der Waals surface area contributed by atoms with Crippen molar-refractivity contribution in [3.8, 4) is 0 Å². The van der Waals surface area contributed by atoms with Crippen LogP contribution in [0.1, 0.15) is 28.8 Å². The Balaban J connectivity index is 2.25. The highest BCUT2D eigenvalue weighted by atomic mass is 16.4. The molecule has 2 aromatic rings. The fourth-order valence-electron chi connectivity index (χ4n) is 2.11. The van der Waals surface area contributed by atoms with E-state index >= 15 is 0 Å². The standard InChI is InChI=1S/C15H17NO3/c1-15(10-16,11-5-3-2-4-6-11)9-12-7-8-13(19-12)14(17)18/h2-8H,9-10,16H2,1H3,(H,17,18). The van der Waals surface area contributed by atoms with E-state index in [1.807, 2.05) is 37.3 Å². The molecule has 2 rings (SSSR count). The van der Waals surface area contributed by atoms with Gasteiger partial charge in [0.15, 0.2) is 0 Å². The van der Waals surface area contributed by atoms with Crippen LogP contribution >= 0.6 is 0 Å². The number of hydrogen-bond acceptors (Lipinski definition) is 3. The van der Waals surface area contributed by atoms with E-state index in [0.29, 0.717) is 18.7 Å². The predicted molar refractivity (Wildman–Crippen MR) is 72.2 cm³/mol. The third kappa shape index (κ3) is 2.85. The minimum Gasteiger partial charge on any atom is -0.475 e. The lowest BCUT2D eigenvalue weighted by molar-refractivity contribution is 0.0659. The molecule has 1 aromatic carbocycles. The largest absolute Gasteiger partial charge is 0.475 e.